The fourth-order valence-corrected chi connectivity index (χ4v) is 1.78. The van der Waals surface area contributed by atoms with E-state index < -0.39 is 0 Å². The third kappa shape index (κ3) is 4.10. The Morgan fingerprint density at radius 3 is 2.62 bits per heavy atom. The van der Waals surface area contributed by atoms with E-state index in [4.69, 9.17) is 5.11 Å². The Kier molecular flexibility index (Phi) is 4.74. The van der Waals surface area contributed by atoms with E-state index in [1.165, 1.54) is 32.1 Å². The van der Waals surface area contributed by atoms with Gasteiger partial charge in [0.05, 0.1) is 0 Å². The summed E-state index contributed by atoms with van der Waals surface area (Å²) in [6.07, 6.45) is 7.55. The second kappa shape index (κ2) is 5.61. The molecule has 1 fully saturated rings. The zero-order valence-corrected chi connectivity index (χ0v) is 8.81. The van der Waals surface area contributed by atoms with Crippen LogP contribution in [0.4, 0.5) is 0 Å². The van der Waals surface area contributed by atoms with Gasteiger partial charge in [-0.05, 0) is 37.6 Å². The fourth-order valence-electron chi connectivity index (χ4n) is 1.78. The topological polar surface area (TPSA) is 32.3 Å². The summed E-state index contributed by atoms with van der Waals surface area (Å²) in [5, 5.41) is 12.4. The van der Waals surface area contributed by atoms with E-state index in [0.29, 0.717) is 12.0 Å². The Bertz CT molecular complexity index is 132. The molecule has 1 saturated carbocycles. The minimum atomic E-state index is 0.358. The number of unbranched alkanes of at least 4 members (excludes halogenated alkanes) is 2. The molecule has 1 aliphatic rings. The molecule has 2 nitrogen and oxygen atoms in total. The van der Waals surface area contributed by atoms with Gasteiger partial charge in [0.2, 0.25) is 0 Å². The van der Waals surface area contributed by atoms with Crippen LogP contribution in [0.3, 0.4) is 0 Å². The first-order chi connectivity index (χ1) is 6.33. The minimum absolute atomic E-state index is 0.358. The lowest BCUT2D eigenvalue weighted by Gasteiger charge is -2.14. The fraction of sp³-hybridized carbons (Fsp3) is 1.00. The van der Waals surface area contributed by atoms with E-state index in [0.717, 1.165) is 19.5 Å². The average Bonchev–Trinajstić information content (AvgIpc) is 2.86. The van der Waals surface area contributed by atoms with Gasteiger partial charge in [-0.1, -0.05) is 19.8 Å². The van der Waals surface area contributed by atoms with Crippen LogP contribution in [0.15, 0.2) is 0 Å². The third-order valence-electron chi connectivity index (χ3n) is 3.06. The van der Waals surface area contributed by atoms with Gasteiger partial charge in [-0.2, -0.15) is 0 Å². The van der Waals surface area contributed by atoms with Crippen molar-refractivity contribution in [3.63, 3.8) is 0 Å². The molecular formula is C11H23NO. The largest absolute Gasteiger partial charge is 0.396 e. The molecule has 2 heteroatoms. The first kappa shape index (κ1) is 11.0. The van der Waals surface area contributed by atoms with Gasteiger partial charge in [0.1, 0.15) is 0 Å². The van der Waals surface area contributed by atoms with Gasteiger partial charge in [0.15, 0.2) is 0 Å². The number of rotatable bonds is 8. The molecule has 0 aromatic rings. The van der Waals surface area contributed by atoms with Crippen molar-refractivity contribution in [1.29, 1.82) is 0 Å². The molecule has 0 aromatic heterocycles. The van der Waals surface area contributed by atoms with Crippen molar-refractivity contribution in [3.05, 3.63) is 0 Å². The van der Waals surface area contributed by atoms with Crippen LogP contribution in [-0.2, 0) is 0 Å². The molecule has 0 radical (unpaired) electrons. The van der Waals surface area contributed by atoms with Crippen molar-refractivity contribution in [2.24, 2.45) is 5.41 Å². The Morgan fingerprint density at radius 1 is 1.31 bits per heavy atom. The Labute approximate surface area is 81.7 Å². The van der Waals surface area contributed by atoms with Crippen molar-refractivity contribution in [1.82, 2.24) is 5.32 Å². The number of hydrogen-bond acceptors (Lipinski definition) is 2. The first-order valence-electron chi connectivity index (χ1n) is 5.64. The zero-order valence-electron chi connectivity index (χ0n) is 8.81. The van der Waals surface area contributed by atoms with Crippen LogP contribution in [-0.4, -0.2) is 24.8 Å². The van der Waals surface area contributed by atoms with E-state index >= 15 is 0 Å². The van der Waals surface area contributed by atoms with Crippen molar-refractivity contribution in [2.45, 2.75) is 45.4 Å². The highest BCUT2D eigenvalue weighted by Gasteiger charge is 2.40. The lowest BCUT2D eigenvalue weighted by Crippen LogP contribution is -2.25. The number of aliphatic hydroxyl groups excluding tert-OH is 1. The molecule has 1 aliphatic carbocycles. The van der Waals surface area contributed by atoms with Gasteiger partial charge >= 0.3 is 0 Å². The molecule has 0 amide bonds. The maximum absolute atomic E-state index is 8.85. The predicted octanol–water partition coefficient (Wildman–Crippen LogP) is 1.93. The normalized spacial score (nSPS) is 18.9. The SMILES string of the molecule is CCCCCNCC1(CCO)CC1. The highest BCUT2D eigenvalue weighted by atomic mass is 16.3. The molecule has 2 N–H and O–H groups in total. The second-order valence-electron chi connectivity index (χ2n) is 4.36. The van der Waals surface area contributed by atoms with Crippen LogP contribution < -0.4 is 5.32 Å². The van der Waals surface area contributed by atoms with Crippen molar-refractivity contribution in [3.8, 4) is 0 Å². The summed E-state index contributed by atoms with van der Waals surface area (Å²) in [6.45, 7) is 4.86. The van der Waals surface area contributed by atoms with E-state index in [-0.39, 0.29) is 0 Å². The molecule has 0 saturated heterocycles. The number of aliphatic hydroxyl groups is 1. The quantitative estimate of drug-likeness (QED) is 0.566. The molecule has 0 heterocycles. The van der Waals surface area contributed by atoms with Crippen molar-refractivity contribution in [2.75, 3.05) is 19.7 Å². The average molecular weight is 185 g/mol. The minimum Gasteiger partial charge on any atom is -0.396 e. The van der Waals surface area contributed by atoms with Crippen LogP contribution in [0.25, 0.3) is 0 Å². The van der Waals surface area contributed by atoms with Crippen LogP contribution in [0.2, 0.25) is 0 Å². The second-order valence-corrected chi connectivity index (χ2v) is 4.36. The summed E-state index contributed by atoms with van der Waals surface area (Å²) < 4.78 is 0. The molecule has 0 aromatic carbocycles. The highest BCUT2D eigenvalue weighted by Crippen LogP contribution is 2.47. The van der Waals surface area contributed by atoms with Gasteiger partial charge < -0.3 is 10.4 Å². The van der Waals surface area contributed by atoms with Crippen molar-refractivity contribution < 1.29 is 5.11 Å². The molecule has 0 unspecified atom stereocenters. The van der Waals surface area contributed by atoms with Crippen LogP contribution in [0.1, 0.15) is 45.4 Å². The molecule has 13 heavy (non-hydrogen) atoms. The lowest BCUT2D eigenvalue weighted by molar-refractivity contribution is 0.245. The smallest absolute Gasteiger partial charge is 0.0436 e. The van der Waals surface area contributed by atoms with E-state index in [2.05, 4.69) is 12.2 Å². The lowest BCUT2D eigenvalue weighted by atomic mass is 10.0. The maximum Gasteiger partial charge on any atom is 0.0436 e. The Hall–Kier alpha value is -0.0800. The van der Waals surface area contributed by atoms with Crippen LogP contribution in [0, 0.1) is 5.41 Å². The van der Waals surface area contributed by atoms with Gasteiger partial charge in [-0.25, -0.2) is 0 Å². The first-order valence-corrected chi connectivity index (χ1v) is 5.64. The Balaban J connectivity index is 1.93. The molecule has 0 spiro atoms. The number of nitrogens with one attached hydrogen (secondary N) is 1. The molecule has 78 valence electrons. The van der Waals surface area contributed by atoms with E-state index in [9.17, 15) is 0 Å². The van der Waals surface area contributed by atoms with Gasteiger partial charge in [0.25, 0.3) is 0 Å². The van der Waals surface area contributed by atoms with E-state index in [1.807, 2.05) is 0 Å². The summed E-state index contributed by atoms with van der Waals surface area (Å²) in [5.41, 5.74) is 0.487. The number of hydrogen-bond donors (Lipinski definition) is 2. The van der Waals surface area contributed by atoms with Gasteiger partial charge in [0, 0.05) is 13.2 Å². The zero-order chi connectivity index (χ0) is 9.57. The van der Waals surface area contributed by atoms with Crippen molar-refractivity contribution >= 4 is 0 Å². The summed E-state index contributed by atoms with van der Waals surface area (Å²) in [5.74, 6) is 0. The molecular weight excluding hydrogens is 162 g/mol. The summed E-state index contributed by atoms with van der Waals surface area (Å²) >= 11 is 0. The molecule has 0 aliphatic heterocycles. The van der Waals surface area contributed by atoms with E-state index in [1.54, 1.807) is 0 Å². The van der Waals surface area contributed by atoms with Crippen LogP contribution in [0.5, 0.6) is 0 Å². The third-order valence-corrected chi connectivity index (χ3v) is 3.06. The molecule has 0 bridgehead atoms. The molecule has 1 rings (SSSR count). The molecule has 0 atom stereocenters. The Morgan fingerprint density at radius 2 is 2.08 bits per heavy atom. The summed E-state index contributed by atoms with van der Waals surface area (Å²) in [4.78, 5) is 0. The maximum atomic E-state index is 8.85. The van der Waals surface area contributed by atoms with Gasteiger partial charge in [-0.15, -0.1) is 0 Å². The predicted molar refractivity (Wildman–Crippen MR) is 55.8 cm³/mol. The monoisotopic (exact) mass is 185 g/mol. The van der Waals surface area contributed by atoms with Crippen LogP contribution >= 0.6 is 0 Å². The van der Waals surface area contributed by atoms with Gasteiger partial charge in [-0.3, -0.25) is 0 Å². The summed E-state index contributed by atoms with van der Waals surface area (Å²) in [7, 11) is 0. The highest BCUT2D eigenvalue weighted by molar-refractivity contribution is 4.94. The summed E-state index contributed by atoms with van der Waals surface area (Å²) in [6, 6.07) is 0. The standard InChI is InChI=1S/C11H23NO/c1-2-3-4-8-12-10-11(5-6-11)7-9-13/h12-13H,2-10H2,1H3.